The summed E-state index contributed by atoms with van der Waals surface area (Å²) < 4.78 is 5.06. The van der Waals surface area contributed by atoms with E-state index in [4.69, 9.17) is 4.74 Å². The minimum atomic E-state index is -0.202. The predicted molar refractivity (Wildman–Crippen MR) is 114 cm³/mol. The summed E-state index contributed by atoms with van der Waals surface area (Å²) in [6, 6.07) is 11.4. The number of nitrogens with zero attached hydrogens (tertiary/aromatic N) is 2. The lowest BCUT2D eigenvalue weighted by molar-refractivity contribution is 0.0963. The van der Waals surface area contributed by atoms with Gasteiger partial charge in [0, 0.05) is 38.1 Å². The van der Waals surface area contributed by atoms with Crippen molar-refractivity contribution in [2.75, 3.05) is 26.7 Å². The number of likely N-dealkylation sites (tertiary alicyclic amines) is 1. The third-order valence-electron chi connectivity index (χ3n) is 4.93. The first-order chi connectivity index (χ1) is 12.2. The quantitative estimate of drug-likeness (QED) is 0.402. The van der Waals surface area contributed by atoms with E-state index in [1.165, 1.54) is 5.56 Å². The Morgan fingerprint density at radius 1 is 1.23 bits per heavy atom. The van der Waals surface area contributed by atoms with Crippen LogP contribution in [0.2, 0.25) is 0 Å². The summed E-state index contributed by atoms with van der Waals surface area (Å²) in [5.74, 6) is 1.43. The van der Waals surface area contributed by atoms with E-state index in [0.29, 0.717) is 24.6 Å². The molecule has 1 amide bonds. The zero-order chi connectivity index (χ0) is 17.6. The Labute approximate surface area is 172 Å². The lowest BCUT2D eigenvalue weighted by Gasteiger charge is -2.32. The van der Waals surface area contributed by atoms with Gasteiger partial charge in [0.25, 0.3) is 0 Å². The van der Waals surface area contributed by atoms with Crippen LogP contribution in [0.4, 0.5) is 4.79 Å². The Hall–Kier alpha value is -1.51. The van der Waals surface area contributed by atoms with E-state index in [0.717, 1.165) is 38.3 Å². The van der Waals surface area contributed by atoms with Crippen LogP contribution in [0.25, 0.3) is 0 Å². The molecule has 1 aliphatic carbocycles. The average Bonchev–Trinajstić information content (AvgIpc) is 3.42. The van der Waals surface area contributed by atoms with Crippen molar-refractivity contribution in [1.29, 1.82) is 0 Å². The van der Waals surface area contributed by atoms with Crippen LogP contribution in [-0.2, 0) is 4.74 Å². The summed E-state index contributed by atoms with van der Waals surface area (Å²) in [4.78, 5) is 17.9. The fraction of sp³-hybridized carbons (Fsp3) is 0.579. The highest BCUT2D eigenvalue weighted by Gasteiger charge is 2.39. The molecule has 1 heterocycles. The first kappa shape index (κ1) is 20.8. The van der Waals surface area contributed by atoms with Gasteiger partial charge in [-0.05, 0) is 31.7 Å². The first-order valence-corrected chi connectivity index (χ1v) is 9.17. The number of halogens is 1. The highest BCUT2D eigenvalue weighted by molar-refractivity contribution is 14.0. The van der Waals surface area contributed by atoms with Crippen LogP contribution in [0, 0.1) is 0 Å². The molecule has 2 fully saturated rings. The number of aliphatic imine (C=N–C) groups is 1. The summed E-state index contributed by atoms with van der Waals surface area (Å²) in [6.07, 6.45) is 2.76. The molecule has 7 heteroatoms. The van der Waals surface area contributed by atoms with Gasteiger partial charge < -0.3 is 20.3 Å². The molecule has 2 aliphatic rings. The summed E-state index contributed by atoms with van der Waals surface area (Å²) >= 11 is 0. The third kappa shape index (κ3) is 5.49. The molecule has 3 rings (SSSR count). The van der Waals surface area contributed by atoms with Gasteiger partial charge in [-0.25, -0.2) is 4.79 Å². The fourth-order valence-electron chi connectivity index (χ4n) is 3.38. The van der Waals surface area contributed by atoms with E-state index in [9.17, 15) is 4.79 Å². The van der Waals surface area contributed by atoms with E-state index in [1.807, 2.05) is 14.0 Å². The molecule has 0 radical (unpaired) electrons. The van der Waals surface area contributed by atoms with Gasteiger partial charge in [-0.2, -0.15) is 0 Å². The van der Waals surface area contributed by atoms with Crippen molar-refractivity contribution < 1.29 is 9.53 Å². The normalized spacial score (nSPS) is 23.0. The van der Waals surface area contributed by atoms with E-state index in [2.05, 4.69) is 46.0 Å². The number of nitrogens with one attached hydrogen (secondary N) is 2. The Morgan fingerprint density at radius 3 is 2.54 bits per heavy atom. The number of rotatable bonds is 4. The maximum Gasteiger partial charge on any atom is 0.409 e. The van der Waals surface area contributed by atoms with Gasteiger partial charge in [0.05, 0.1) is 6.61 Å². The molecular weight excluding hydrogens is 443 g/mol. The Balaban J connectivity index is 0.00000243. The SMILES string of the molecule is CCOC(=O)N1CCC(NC(=NC)NC2CC2c2ccccc2)CC1.I. The zero-order valence-corrected chi connectivity index (χ0v) is 17.8. The van der Waals surface area contributed by atoms with Crippen molar-refractivity contribution in [3.05, 3.63) is 35.9 Å². The van der Waals surface area contributed by atoms with Crippen molar-refractivity contribution in [2.45, 2.75) is 44.2 Å². The molecule has 2 unspecified atom stereocenters. The van der Waals surface area contributed by atoms with Crippen LogP contribution in [0.3, 0.4) is 0 Å². The lowest BCUT2D eigenvalue weighted by atomic mass is 10.1. The molecule has 1 aliphatic heterocycles. The van der Waals surface area contributed by atoms with E-state index < -0.39 is 0 Å². The third-order valence-corrected chi connectivity index (χ3v) is 4.93. The van der Waals surface area contributed by atoms with Crippen LogP contribution >= 0.6 is 24.0 Å². The summed E-state index contributed by atoms with van der Waals surface area (Å²) in [5.41, 5.74) is 1.39. The molecule has 26 heavy (non-hydrogen) atoms. The first-order valence-electron chi connectivity index (χ1n) is 9.17. The van der Waals surface area contributed by atoms with Crippen LogP contribution in [-0.4, -0.2) is 55.8 Å². The van der Waals surface area contributed by atoms with Crippen LogP contribution < -0.4 is 10.6 Å². The van der Waals surface area contributed by atoms with Crippen molar-refractivity contribution in [3.8, 4) is 0 Å². The smallest absolute Gasteiger partial charge is 0.409 e. The van der Waals surface area contributed by atoms with Crippen LogP contribution in [0.15, 0.2) is 35.3 Å². The standard InChI is InChI=1S/C19H28N4O2.HI/c1-3-25-19(24)23-11-9-15(10-12-23)21-18(20-2)22-17-13-16(17)14-7-5-4-6-8-14;/h4-8,15-17H,3,9-13H2,1-2H3,(H2,20,21,22);1H. The van der Waals surface area contributed by atoms with E-state index in [-0.39, 0.29) is 30.1 Å². The van der Waals surface area contributed by atoms with Crippen molar-refractivity contribution in [1.82, 2.24) is 15.5 Å². The van der Waals surface area contributed by atoms with Gasteiger partial charge >= 0.3 is 6.09 Å². The fourth-order valence-corrected chi connectivity index (χ4v) is 3.38. The second-order valence-corrected chi connectivity index (χ2v) is 6.68. The van der Waals surface area contributed by atoms with Crippen LogP contribution in [0.1, 0.15) is 37.7 Å². The summed E-state index contributed by atoms with van der Waals surface area (Å²) in [5, 5.41) is 7.02. The molecule has 2 N–H and O–H groups in total. The summed E-state index contributed by atoms with van der Waals surface area (Å²) in [7, 11) is 1.81. The topological polar surface area (TPSA) is 66.0 Å². The molecule has 1 aromatic carbocycles. The molecule has 1 saturated carbocycles. The highest BCUT2D eigenvalue weighted by atomic mass is 127. The molecule has 1 aromatic rings. The van der Waals surface area contributed by atoms with E-state index >= 15 is 0 Å². The van der Waals surface area contributed by atoms with Crippen molar-refractivity contribution in [3.63, 3.8) is 0 Å². The van der Waals surface area contributed by atoms with Gasteiger partial charge in [-0.15, -0.1) is 24.0 Å². The second kappa shape index (κ2) is 9.99. The van der Waals surface area contributed by atoms with Gasteiger partial charge in [-0.1, -0.05) is 30.3 Å². The van der Waals surface area contributed by atoms with Gasteiger partial charge in [0.1, 0.15) is 0 Å². The Kier molecular flexibility index (Phi) is 7.99. The monoisotopic (exact) mass is 472 g/mol. The maximum absolute atomic E-state index is 11.8. The number of ether oxygens (including phenoxy) is 1. The number of hydrogen-bond acceptors (Lipinski definition) is 3. The Bertz CT molecular complexity index is 603. The zero-order valence-electron chi connectivity index (χ0n) is 15.5. The second-order valence-electron chi connectivity index (χ2n) is 6.68. The largest absolute Gasteiger partial charge is 0.450 e. The minimum absolute atomic E-state index is 0. The predicted octanol–water partition coefficient (Wildman–Crippen LogP) is 2.95. The van der Waals surface area contributed by atoms with Crippen molar-refractivity contribution >= 4 is 36.0 Å². The molecule has 0 aromatic heterocycles. The van der Waals surface area contributed by atoms with Gasteiger partial charge in [-0.3, -0.25) is 4.99 Å². The number of carbonyl (C=O) groups is 1. The molecule has 0 spiro atoms. The molecule has 2 atom stereocenters. The molecule has 1 saturated heterocycles. The minimum Gasteiger partial charge on any atom is -0.450 e. The molecule has 144 valence electrons. The van der Waals surface area contributed by atoms with Crippen LogP contribution in [0.5, 0.6) is 0 Å². The molecule has 0 bridgehead atoms. The lowest BCUT2D eigenvalue weighted by Crippen LogP contribution is -2.50. The Morgan fingerprint density at radius 2 is 1.92 bits per heavy atom. The number of benzene rings is 1. The number of hydrogen-bond donors (Lipinski definition) is 2. The molecule has 6 nitrogen and oxygen atoms in total. The summed E-state index contributed by atoms with van der Waals surface area (Å²) in [6.45, 7) is 3.72. The number of amides is 1. The highest BCUT2D eigenvalue weighted by Crippen LogP contribution is 2.40. The number of guanidine groups is 1. The number of piperidine rings is 1. The average molecular weight is 472 g/mol. The number of carbonyl (C=O) groups excluding carboxylic acids is 1. The van der Waals surface area contributed by atoms with Gasteiger partial charge in [0.2, 0.25) is 0 Å². The maximum atomic E-state index is 11.8. The van der Waals surface area contributed by atoms with Crippen molar-refractivity contribution in [2.24, 2.45) is 4.99 Å². The van der Waals surface area contributed by atoms with Gasteiger partial charge in [0.15, 0.2) is 5.96 Å². The van der Waals surface area contributed by atoms with E-state index in [1.54, 1.807) is 4.90 Å². The molecular formula is C19H29IN4O2.